The van der Waals surface area contributed by atoms with Crippen LogP contribution < -0.4 is 18.9 Å². The molecular formula is C13H16O5. The van der Waals surface area contributed by atoms with Crippen LogP contribution in [0.15, 0.2) is 6.07 Å². The fraction of sp³-hybridized carbons (Fsp3) is 0.462. The van der Waals surface area contributed by atoms with E-state index in [0.29, 0.717) is 28.6 Å². The lowest BCUT2D eigenvalue weighted by Crippen LogP contribution is -2.31. The predicted octanol–water partition coefficient (Wildman–Crippen LogP) is 2.07. The number of hydrogen-bond donors (Lipinski definition) is 0. The van der Waals surface area contributed by atoms with E-state index in [9.17, 15) is 4.79 Å². The number of carbonyl (C=O) groups is 1. The Morgan fingerprint density at radius 3 is 2.17 bits per heavy atom. The first kappa shape index (κ1) is 12.5. The van der Waals surface area contributed by atoms with Crippen molar-refractivity contribution in [3.05, 3.63) is 11.6 Å². The summed E-state index contributed by atoms with van der Waals surface area (Å²) in [7, 11) is 4.51. The first-order chi connectivity index (χ1) is 8.46. The maximum atomic E-state index is 12.2. The summed E-state index contributed by atoms with van der Waals surface area (Å²) < 4.78 is 21.4. The number of fused-ring (bicyclic) bond motifs is 1. The minimum atomic E-state index is -0.896. The van der Waals surface area contributed by atoms with Crippen LogP contribution in [0.2, 0.25) is 0 Å². The third kappa shape index (κ3) is 1.58. The second kappa shape index (κ2) is 4.08. The zero-order chi connectivity index (χ0) is 13.5. The Morgan fingerprint density at radius 1 is 1.06 bits per heavy atom. The first-order valence-corrected chi connectivity index (χ1v) is 5.53. The van der Waals surface area contributed by atoms with E-state index in [1.54, 1.807) is 19.9 Å². The molecule has 0 bridgehead atoms. The molecule has 0 radical (unpaired) electrons. The van der Waals surface area contributed by atoms with Gasteiger partial charge in [0.1, 0.15) is 0 Å². The van der Waals surface area contributed by atoms with Crippen molar-refractivity contribution in [2.75, 3.05) is 21.3 Å². The number of ether oxygens (including phenoxy) is 4. The average Bonchev–Trinajstić information content (AvgIpc) is 2.58. The topological polar surface area (TPSA) is 54.0 Å². The minimum absolute atomic E-state index is 0.100. The Hall–Kier alpha value is -1.91. The maximum absolute atomic E-state index is 12.2. The van der Waals surface area contributed by atoms with Crippen molar-refractivity contribution in [1.29, 1.82) is 0 Å². The summed E-state index contributed by atoms with van der Waals surface area (Å²) in [5.41, 5.74) is -0.443. The second-order valence-electron chi connectivity index (χ2n) is 4.46. The molecule has 98 valence electrons. The van der Waals surface area contributed by atoms with Gasteiger partial charge in [0, 0.05) is 0 Å². The highest BCUT2D eigenvalue weighted by molar-refractivity contribution is 6.08. The third-order valence-electron chi connectivity index (χ3n) is 2.93. The molecule has 0 amide bonds. The smallest absolute Gasteiger partial charge is 0.209 e. The molecule has 1 aromatic carbocycles. The first-order valence-electron chi connectivity index (χ1n) is 5.53. The van der Waals surface area contributed by atoms with Crippen LogP contribution in [-0.2, 0) is 0 Å². The summed E-state index contributed by atoms with van der Waals surface area (Å²) in [5.74, 6) is 1.56. The molecule has 0 saturated carbocycles. The van der Waals surface area contributed by atoms with Gasteiger partial charge in [0.2, 0.25) is 17.3 Å². The Bertz CT molecular complexity index is 505. The molecule has 0 spiro atoms. The van der Waals surface area contributed by atoms with Crippen LogP contribution in [0.4, 0.5) is 0 Å². The molecular weight excluding hydrogens is 236 g/mol. The molecule has 1 aromatic rings. The molecule has 0 aromatic heterocycles. The van der Waals surface area contributed by atoms with Crippen molar-refractivity contribution in [3.63, 3.8) is 0 Å². The van der Waals surface area contributed by atoms with Crippen molar-refractivity contribution in [2.45, 2.75) is 19.4 Å². The minimum Gasteiger partial charge on any atom is -0.493 e. The lowest BCUT2D eigenvalue weighted by molar-refractivity contribution is 0.0678. The van der Waals surface area contributed by atoms with Crippen LogP contribution in [0.25, 0.3) is 0 Å². The zero-order valence-corrected chi connectivity index (χ0v) is 11.1. The molecule has 5 nitrogen and oxygen atoms in total. The molecule has 5 heteroatoms. The van der Waals surface area contributed by atoms with Crippen molar-refractivity contribution in [2.24, 2.45) is 0 Å². The summed E-state index contributed by atoms with van der Waals surface area (Å²) in [6, 6.07) is 1.62. The van der Waals surface area contributed by atoms with Crippen LogP contribution in [0, 0.1) is 0 Å². The Kier molecular flexibility index (Phi) is 2.84. The average molecular weight is 252 g/mol. The molecule has 0 aliphatic carbocycles. The van der Waals surface area contributed by atoms with Crippen LogP contribution in [0.3, 0.4) is 0 Å². The summed E-state index contributed by atoms with van der Waals surface area (Å²) in [6.07, 6.45) is 0. The van der Waals surface area contributed by atoms with E-state index in [4.69, 9.17) is 18.9 Å². The van der Waals surface area contributed by atoms with Crippen molar-refractivity contribution >= 4 is 5.78 Å². The van der Waals surface area contributed by atoms with E-state index in [0.717, 1.165) is 0 Å². The maximum Gasteiger partial charge on any atom is 0.209 e. The van der Waals surface area contributed by atoms with E-state index < -0.39 is 5.60 Å². The number of carbonyl (C=O) groups excluding carboxylic acids is 1. The normalized spacial score (nSPS) is 15.9. The second-order valence-corrected chi connectivity index (χ2v) is 4.46. The highest BCUT2D eigenvalue weighted by Gasteiger charge is 2.43. The molecule has 0 atom stereocenters. The highest BCUT2D eigenvalue weighted by Crippen LogP contribution is 2.51. The monoisotopic (exact) mass is 252 g/mol. The highest BCUT2D eigenvalue weighted by atomic mass is 16.6. The van der Waals surface area contributed by atoms with E-state index >= 15 is 0 Å². The number of Topliss-reactive ketones (excluding diaryl/α,β-unsaturated/α-hetero) is 1. The van der Waals surface area contributed by atoms with Crippen LogP contribution in [0.5, 0.6) is 23.0 Å². The van der Waals surface area contributed by atoms with Gasteiger partial charge in [0.05, 0.1) is 26.9 Å². The number of ketones is 1. The van der Waals surface area contributed by atoms with Crippen molar-refractivity contribution in [3.8, 4) is 23.0 Å². The molecule has 0 fully saturated rings. The lowest BCUT2D eigenvalue weighted by Gasteiger charge is -2.17. The summed E-state index contributed by atoms with van der Waals surface area (Å²) in [6.45, 7) is 3.43. The van der Waals surface area contributed by atoms with Gasteiger partial charge in [0.15, 0.2) is 17.1 Å². The van der Waals surface area contributed by atoms with Gasteiger partial charge in [-0.25, -0.2) is 0 Å². The van der Waals surface area contributed by atoms with Crippen LogP contribution in [0.1, 0.15) is 24.2 Å². The Balaban J connectivity index is 2.71. The fourth-order valence-corrected chi connectivity index (χ4v) is 2.03. The SMILES string of the molecule is COc1cc2c(c(OC)c1OC)OC(C)(C)C2=O. The molecule has 2 rings (SSSR count). The molecule has 1 heterocycles. The van der Waals surface area contributed by atoms with Crippen molar-refractivity contribution < 1.29 is 23.7 Å². The number of hydrogen-bond acceptors (Lipinski definition) is 5. The van der Waals surface area contributed by atoms with Crippen LogP contribution >= 0.6 is 0 Å². The van der Waals surface area contributed by atoms with Crippen molar-refractivity contribution in [1.82, 2.24) is 0 Å². The predicted molar refractivity (Wildman–Crippen MR) is 65.1 cm³/mol. The molecule has 1 aliphatic rings. The van der Waals surface area contributed by atoms with Gasteiger partial charge in [-0.05, 0) is 19.9 Å². The molecule has 0 N–H and O–H groups in total. The van der Waals surface area contributed by atoms with Gasteiger partial charge in [-0.15, -0.1) is 0 Å². The van der Waals surface area contributed by atoms with E-state index in [1.165, 1.54) is 21.3 Å². The van der Waals surface area contributed by atoms with Crippen LogP contribution in [-0.4, -0.2) is 32.7 Å². The Labute approximate surface area is 106 Å². The molecule has 1 aliphatic heterocycles. The quantitative estimate of drug-likeness (QED) is 0.824. The Morgan fingerprint density at radius 2 is 1.67 bits per heavy atom. The largest absolute Gasteiger partial charge is 0.493 e. The standard InChI is InChI=1S/C13H16O5/c1-13(2)12(14)7-6-8(15-3)10(16-4)11(17-5)9(7)18-13/h6H,1-5H3. The number of methoxy groups -OCH3 is 3. The third-order valence-corrected chi connectivity index (χ3v) is 2.93. The zero-order valence-electron chi connectivity index (χ0n) is 11.1. The van der Waals surface area contributed by atoms with E-state index in [1.807, 2.05) is 0 Å². The number of rotatable bonds is 3. The molecule has 0 unspecified atom stereocenters. The number of benzene rings is 1. The van der Waals surface area contributed by atoms with Gasteiger partial charge in [-0.1, -0.05) is 0 Å². The van der Waals surface area contributed by atoms with Gasteiger partial charge < -0.3 is 18.9 Å². The fourth-order valence-electron chi connectivity index (χ4n) is 2.03. The molecule has 0 saturated heterocycles. The van der Waals surface area contributed by atoms with Gasteiger partial charge in [0.25, 0.3) is 0 Å². The lowest BCUT2D eigenvalue weighted by atomic mass is 9.99. The summed E-state index contributed by atoms with van der Waals surface area (Å²) in [4.78, 5) is 12.2. The van der Waals surface area contributed by atoms with Gasteiger partial charge in [-0.3, -0.25) is 4.79 Å². The van der Waals surface area contributed by atoms with E-state index in [-0.39, 0.29) is 5.78 Å². The molecule has 18 heavy (non-hydrogen) atoms. The van der Waals surface area contributed by atoms with E-state index in [2.05, 4.69) is 0 Å². The van der Waals surface area contributed by atoms with Gasteiger partial charge in [-0.2, -0.15) is 0 Å². The van der Waals surface area contributed by atoms with Gasteiger partial charge >= 0.3 is 0 Å². The summed E-state index contributed by atoms with van der Waals surface area (Å²) >= 11 is 0. The summed E-state index contributed by atoms with van der Waals surface area (Å²) in [5, 5.41) is 0.